The zero-order valence-corrected chi connectivity index (χ0v) is 52.1. The lowest BCUT2D eigenvalue weighted by molar-refractivity contribution is -0.391. The third-order valence-electron chi connectivity index (χ3n) is 23.5. The normalized spacial score (nSPS) is 52.1. The van der Waals surface area contributed by atoms with Gasteiger partial charge in [0.25, 0.3) is 0 Å². The van der Waals surface area contributed by atoms with Crippen LogP contribution in [0.3, 0.4) is 0 Å². The number of esters is 1. The van der Waals surface area contributed by atoms with E-state index >= 15 is 4.79 Å². The van der Waals surface area contributed by atoms with Crippen LogP contribution in [0.25, 0.3) is 0 Å². The number of fused-ring (bicyclic) bond motifs is 7. The minimum Gasteiger partial charge on any atom is -0.479 e. The molecular weight excluding hydrogens is 1210 g/mol. The van der Waals surface area contributed by atoms with Crippen molar-refractivity contribution >= 4 is 24.1 Å². The van der Waals surface area contributed by atoms with E-state index in [0.717, 1.165) is 11.9 Å². The average Bonchev–Trinajstić information content (AvgIpc) is 0.909. The highest BCUT2D eigenvalue weighted by molar-refractivity contribution is 5.80. The summed E-state index contributed by atoms with van der Waals surface area (Å²) in [5.74, 6) is -4.73. The molecule has 5 aliphatic carbocycles. The van der Waals surface area contributed by atoms with E-state index in [4.69, 9.17) is 47.4 Å². The van der Waals surface area contributed by atoms with Crippen LogP contribution in [-0.4, -0.2) is 281 Å². The lowest BCUT2D eigenvalue weighted by atomic mass is 9.33. The van der Waals surface area contributed by atoms with Crippen molar-refractivity contribution < 1.29 is 143 Å². The molecule has 30 heteroatoms. The minimum atomic E-state index is -2.20. The fourth-order valence-corrected chi connectivity index (χ4v) is 17.9. The maximum absolute atomic E-state index is 15.2. The second kappa shape index (κ2) is 26.4. The van der Waals surface area contributed by atoms with Crippen molar-refractivity contribution in [3.8, 4) is 0 Å². The van der Waals surface area contributed by atoms with E-state index in [0.29, 0.717) is 44.9 Å². The van der Waals surface area contributed by atoms with Crippen molar-refractivity contribution in [2.24, 2.45) is 50.2 Å². The molecular formula is C61H95NO29. The van der Waals surface area contributed by atoms with Crippen molar-refractivity contribution in [3.05, 3.63) is 11.6 Å². The molecule has 0 spiro atoms. The maximum atomic E-state index is 15.2. The zero-order valence-electron chi connectivity index (χ0n) is 52.1. The quantitative estimate of drug-likeness (QED) is 0.0284. The number of aliphatic hydroxyl groups is 14. The summed E-state index contributed by atoms with van der Waals surface area (Å²) in [5, 5.41) is 166. The van der Waals surface area contributed by atoms with Crippen LogP contribution < -0.4 is 5.32 Å². The van der Waals surface area contributed by atoms with Gasteiger partial charge in [0.1, 0.15) is 110 Å². The topological polar surface area (TPSA) is 476 Å². The molecule has 16 N–H and O–H groups in total. The molecule has 5 saturated heterocycles. The van der Waals surface area contributed by atoms with E-state index in [1.165, 1.54) is 0 Å². The highest BCUT2D eigenvalue weighted by Crippen LogP contribution is 2.76. The third-order valence-corrected chi connectivity index (χ3v) is 23.5. The van der Waals surface area contributed by atoms with Gasteiger partial charge in [0.2, 0.25) is 12.2 Å². The van der Waals surface area contributed by atoms with E-state index in [2.05, 4.69) is 46.0 Å². The summed E-state index contributed by atoms with van der Waals surface area (Å²) in [7, 11) is 0. The second-order valence-corrected chi connectivity index (χ2v) is 29.0. The summed E-state index contributed by atoms with van der Waals surface area (Å²) >= 11 is 0. The number of ether oxygens (including phenoxy) is 10. The fraction of sp³-hybridized carbons (Fsp3) is 0.902. The van der Waals surface area contributed by atoms with Gasteiger partial charge in [0, 0.05) is 0 Å². The Labute approximate surface area is 525 Å². The van der Waals surface area contributed by atoms with Gasteiger partial charge in [-0.25, -0.2) is 4.79 Å². The van der Waals surface area contributed by atoms with Gasteiger partial charge in [0.15, 0.2) is 31.3 Å². The molecule has 4 saturated carbocycles. The van der Waals surface area contributed by atoms with Gasteiger partial charge in [-0.05, 0) is 104 Å². The van der Waals surface area contributed by atoms with Crippen LogP contribution in [0.2, 0.25) is 0 Å². The van der Waals surface area contributed by atoms with Crippen LogP contribution in [0.5, 0.6) is 0 Å². The molecule has 14 unspecified atom stereocenters. The van der Waals surface area contributed by atoms with Crippen LogP contribution in [0, 0.1) is 50.2 Å². The van der Waals surface area contributed by atoms with E-state index < -0.39 is 237 Å². The van der Waals surface area contributed by atoms with Crippen molar-refractivity contribution in [1.82, 2.24) is 5.32 Å². The molecule has 518 valence electrons. The number of aliphatic hydroxyl groups excluding tert-OH is 14. The number of hydrogen-bond acceptors (Lipinski definition) is 28. The summed E-state index contributed by atoms with van der Waals surface area (Å²) in [5.41, 5.74) is -4.47. The van der Waals surface area contributed by atoms with Crippen molar-refractivity contribution in [2.45, 2.75) is 266 Å². The van der Waals surface area contributed by atoms with Crippen LogP contribution in [-0.2, 0) is 66.5 Å². The monoisotopic (exact) mass is 1310 g/mol. The van der Waals surface area contributed by atoms with Crippen LogP contribution >= 0.6 is 0 Å². The largest absolute Gasteiger partial charge is 0.479 e. The number of nitrogens with one attached hydrogen (secondary N) is 1. The summed E-state index contributed by atoms with van der Waals surface area (Å²) in [6.45, 7) is 11.0. The van der Waals surface area contributed by atoms with Crippen LogP contribution in [0.4, 0.5) is 0 Å². The minimum absolute atomic E-state index is 0.0829. The zero-order chi connectivity index (χ0) is 66.6. The lowest BCUT2D eigenvalue weighted by Gasteiger charge is -2.71. The first kappa shape index (κ1) is 70.7. The van der Waals surface area contributed by atoms with E-state index in [1.54, 1.807) is 13.8 Å². The van der Waals surface area contributed by atoms with E-state index in [-0.39, 0.29) is 30.6 Å². The van der Waals surface area contributed by atoms with Crippen LogP contribution in [0.1, 0.15) is 113 Å². The average molecular weight is 1310 g/mol. The van der Waals surface area contributed by atoms with E-state index in [1.807, 2.05) is 0 Å². The number of allylic oxidation sites excluding steroid dienone is 2. The molecule has 5 heterocycles. The molecule has 1 amide bonds. The van der Waals surface area contributed by atoms with Gasteiger partial charge < -0.3 is 134 Å². The number of aldehydes is 1. The Kier molecular flexibility index (Phi) is 20.5. The second-order valence-electron chi connectivity index (χ2n) is 29.0. The standard InChI is InChI=1S/C61H95NO29/c1-8-27-37(70)42(75)50(84-27)83-22-34(68)62-35-28(19-63)85-53(43(76)39(35)72)91-55(81)61-16-15-56(2,3)17-25(61)24-9-10-31-57(4)13-12-33(58(5,23-65)30(57)11-14-59(31,6)60(24,7)18-32(61)67)87-54-48(90-52-44(77)40(73)38(71)29(20-64)86-52)46(45(78)47(89-54)49(79)80)88-51-41(74)36(69)26(66)21-82-51/h9,23,25-33,35-48,50-54,63-64,66-67,69-78H,8,10-22H2,1-7H3,(H,62,68)(H,79,80)/t25?,26-,27+,28?,29?,30-,31?,32?,33+,35+,36+,37?,38+,39?,40+,41?,42?,43?,44?,45+,46+,47?,48?,50-,51+,52+,53+,54-,57?,58-,59+,60-,61-/m1/s1. The number of aliphatic carboxylic acids is 1. The Hall–Kier alpha value is -3.10. The van der Waals surface area contributed by atoms with Gasteiger partial charge >= 0.3 is 11.9 Å². The molecule has 91 heavy (non-hydrogen) atoms. The molecule has 30 nitrogen and oxygen atoms in total. The number of hydrogen-bond donors (Lipinski definition) is 16. The molecule has 5 aliphatic heterocycles. The van der Waals surface area contributed by atoms with E-state index in [9.17, 15) is 91.0 Å². The predicted octanol–water partition coefficient (Wildman–Crippen LogP) is -4.16. The Morgan fingerprint density at radius 1 is 0.637 bits per heavy atom. The molecule has 10 aliphatic rings. The number of carbonyl (C=O) groups excluding carboxylic acids is 3. The number of carboxylic acids is 1. The van der Waals surface area contributed by atoms with Gasteiger partial charge in [-0.15, -0.1) is 0 Å². The summed E-state index contributed by atoms with van der Waals surface area (Å²) in [6, 6.07) is -1.45. The highest BCUT2D eigenvalue weighted by atomic mass is 16.8. The Morgan fingerprint density at radius 3 is 1.91 bits per heavy atom. The molecule has 0 aromatic heterocycles. The number of carbonyl (C=O) groups is 4. The molecule has 0 aromatic rings. The highest BCUT2D eigenvalue weighted by Gasteiger charge is 2.73. The van der Waals surface area contributed by atoms with Crippen molar-refractivity contribution in [3.63, 3.8) is 0 Å². The third kappa shape index (κ3) is 12.0. The summed E-state index contributed by atoms with van der Waals surface area (Å²) in [6.07, 6.45) is -34.8. The smallest absolute Gasteiger partial charge is 0.335 e. The first-order chi connectivity index (χ1) is 42.7. The summed E-state index contributed by atoms with van der Waals surface area (Å²) < 4.78 is 59.0. The van der Waals surface area contributed by atoms with Crippen molar-refractivity contribution in [1.29, 1.82) is 0 Å². The Morgan fingerprint density at radius 2 is 1.26 bits per heavy atom. The van der Waals surface area contributed by atoms with Gasteiger partial charge in [-0.2, -0.15) is 0 Å². The molecule has 0 aromatic carbocycles. The summed E-state index contributed by atoms with van der Waals surface area (Å²) in [4.78, 5) is 55.4. The van der Waals surface area contributed by atoms with Gasteiger partial charge in [-0.1, -0.05) is 60.1 Å². The molecule has 9 fully saturated rings. The van der Waals surface area contributed by atoms with Gasteiger partial charge in [-0.3, -0.25) is 9.59 Å². The fourth-order valence-electron chi connectivity index (χ4n) is 17.9. The predicted molar refractivity (Wildman–Crippen MR) is 302 cm³/mol. The molecule has 0 bridgehead atoms. The first-order valence-electron chi connectivity index (χ1n) is 31.8. The molecule has 10 rings (SSSR count). The number of rotatable bonds is 17. The maximum Gasteiger partial charge on any atom is 0.335 e. The SMILES string of the molecule is CC[C@@H]1O[C@@H](OCC(=O)N[C@H]2C(CO)O[C@@H](OC(=O)[C@]34CCC(C)(C)CC3C3=CCC5C6(C)CC[C@H](O[C@@H]7OC(C(=O)O)[C@@H](O)[C@H](O[C@@H]8OC[C@@H](O)[C@H](O)C8O)C7O[C@@H]7OC(CO)[C@H](O)[C@H](O)C7O)[C@](C)(C=O)[C@@H]6CC[C@]5(C)[C@]3(C)CC4O)C(O)C2O)C(O)C1O. The Balaban J connectivity index is 0.896. The number of amides is 1. The van der Waals surface area contributed by atoms with Crippen LogP contribution in [0.15, 0.2) is 11.6 Å². The Bertz CT molecular complexity index is 2650. The first-order valence-corrected chi connectivity index (χ1v) is 31.8. The number of carboxylic acid groups (broad SMARTS) is 1. The van der Waals surface area contributed by atoms with Crippen molar-refractivity contribution in [2.75, 3.05) is 26.4 Å². The molecule has 33 atom stereocenters. The van der Waals surface area contributed by atoms with Gasteiger partial charge in [0.05, 0.1) is 49.6 Å². The lowest BCUT2D eigenvalue weighted by Crippen LogP contribution is -2.69. The molecule has 0 radical (unpaired) electrons.